The van der Waals surface area contributed by atoms with E-state index >= 15 is 0 Å². The van der Waals surface area contributed by atoms with E-state index in [0.717, 1.165) is 19.5 Å². The minimum Gasteiger partial charge on any atom is -0.339 e. The predicted molar refractivity (Wildman–Crippen MR) is 64.7 cm³/mol. The van der Waals surface area contributed by atoms with Crippen LogP contribution in [0.3, 0.4) is 0 Å². The number of hydrogen-bond acceptors (Lipinski definition) is 1. The van der Waals surface area contributed by atoms with Crippen LogP contribution < -0.4 is 0 Å². The Balaban J connectivity index is 2.07. The lowest BCUT2D eigenvalue weighted by Gasteiger charge is -2.26. The molecule has 0 aromatic heterocycles. The molecule has 1 heterocycles. The predicted octanol–water partition coefficient (Wildman–Crippen LogP) is 2.51. The maximum absolute atomic E-state index is 11.5. The van der Waals surface area contributed by atoms with E-state index in [1.807, 2.05) is 24.0 Å². The van der Waals surface area contributed by atoms with Gasteiger partial charge < -0.3 is 4.90 Å². The van der Waals surface area contributed by atoms with Crippen molar-refractivity contribution in [1.29, 1.82) is 0 Å². The third-order valence-corrected chi connectivity index (χ3v) is 2.95. The fraction of sp³-hybridized carbons (Fsp3) is 0.357. The first-order valence-corrected chi connectivity index (χ1v) is 5.74. The van der Waals surface area contributed by atoms with Crippen LogP contribution >= 0.6 is 0 Å². The number of carbonyl (C=O) groups excluding carboxylic acids is 1. The molecular formula is C14H16NO. The Kier molecular flexibility index (Phi) is 3.40. The molecule has 1 radical (unpaired) electrons. The first-order chi connectivity index (χ1) is 7.81. The first kappa shape index (κ1) is 10.9. The highest BCUT2D eigenvalue weighted by Gasteiger charge is 2.15. The van der Waals surface area contributed by atoms with E-state index in [1.54, 1.807) is 0 Å². The highest BCUT2D eigenvalue weighted by Crippen LogP contribution is 2.21. The van der Waals surface area contributed by atoms with E-state index < -0.39 is 0 Å². The molecule has 0 spiro atoms. The molecular weight excluding hydrogens is 198 g/mol. The van der Waals surface area contributed by atoms with Crippen molar-refractivity contribution in [2.45, 2.75) is 19.8 Å². The van der Waals surface area contributed by atoms with Gasteiger partial charge >= 0.3 is 0 Å². The van der Waals surface area contributed by atoms with Gasteiger partial charge in [-0.2, -0.15) is 0 Å². The molecule has 0 N–H and O–H groups in total. The number of nitrogens with zero attached hydrogens (tertiary/aromatic N) is 1. The zero-order valence-corrected chi connectivity index (χ0v) is 9.57. The fourth-order valence-electron chi connectivity index (χ4n) is 1.98. The molecule has 0 atom stereocenters. The van der Waals surface area contributed by atoms with E-state index in [9.17, 15) is 4.79 Å². The van der Waals surface area contributed by atoms with Gasteiger partial charge in [0.1, 0.15) is 0 Å². The summed E-state index contributed by atoms with van der Waals surface area (Å²) in [6.45, 7) is 3.51. The molecule has 1 aromatic carbocycles. The normalized spacial score (nSPS) is 15.8. The van der Waals surface area contributed by atoms with Crippen molar-refractivity contribution in [2.75, 3.05) is 13.1 Å². The lowest BCUT2D eigenvalue weighted by molar-refractivity contribution is -0.130. The van der Waals surface area contributed by atoms with Crippen LogP contribution in [0.5, 0.6) is 0 Å². The first-order valence-electron chi connectivity index (χ1n) is 5.74. The third kappa shape index (κ3) is 2.32. The summed E-state index contributed by atoms with van der Waals surface area (Å²) in [4.78, 5) is 13.4. The zero-order valence-electron chi connectivity index (χ0n) is 9.57. The Hall–Kier alpha value is -1.57. The average molecular weight is 214 g/mol. The van der Waals surface area contributed by atoms with Gasteiger partial charge in [0.2, 0.25) is 5.91 Å². The molecule has 2 rings (SSSR count). The van der Waals surface area contributed by atoms with Gasteiger partial charge in [-0.25, -0.2) is 0 Å². The summed E-state index contributed by atoms with van der Waals surface area (Å²) in [7, 11) is 0. The van der Waals surface area contributed by atoms with Crippen molar-refractivity contribution in [3.63, 3.8) is 0 Å². The standard InChI is InChI=1S/C14H16NO/c1-2-14(16)15-10-8-13(9-11-15)12-6-4-3-5-7-12/h4-8H,2,9-11H2,1H3. The Morgan fingerprint density at radius 1 is 1.44 bits per heavy atom. The smallest absolute Gasteiger partial charge is 0.222 e. The van der Waals surface area contributed by atoms with E-state index in [2.05, 4.69) is 24.3 Å². The molecule has 2 heteroatoms. The Morgan fingerprint density at radius 2 is 2.19 bits per heavy atom. The summed E-state index contributed by atoms with van der Waals surface area (Å²) < 4.78 is 0. The monoisotopic (exact) mass is 214 g/mol. The summed E-state index contributed by atoms with van der Waals surface area (Å²) in [5.41, 5.74) is 2.59. The van der Waals surface area contributed by atoms with Gasteiger partial charge in [0.15, 0.2) is 0 Å². The van der Waals surface area contributed by atoms with Crippen LogP contribution in [0.2, 0.25) is 0 Å². The van der Waals surface area contributed by atoms with E-state index in [1.165, 1.54) is 11.1 Å². The quantitative estimate of drug-likeness (QED) is 0.740. The molecule has 0 saturated heterocycles. The molecule has 1 amide bonds. The zero-order chi connectivity index (χ0) is 11.4. The van der Waals surface area contributed by atoms with Gasteiger partial charge in [-0.05, 0) is 23.6 Å². The van der Waals surface area contributed by atoms with E-state index in [0.29, 0.717) is 6.42 Å². The molecule has 1 aliphatic rings. The summed E-state index contributed by atoms with van der Waals surface area (Å²) >= 11 is 0. The minimum absolute atomic E-state index is 0.247. The van der Waals surface area contributed by atoms with Crippen LogP contribution in [-0.2, 0) is 4.79 Å². The molecule has 1 aliphatic heterocycles. The maximum atomic E-state index is 11.5. The van der Waals surface area contributed by atoms with Gasteiger partial charge in [-0.15, -0.1) is 0 Å². The van der Waals surface area contributed by atoms with Crippen LogP contribution in [0.25, 0.3) is 5.57 Å². The number of benzene rings is 1. The molecule has 0 fully saturated rings. The summed E-state index contributed by atoms with van der Waals surface area (Å²) in [5.74, 6) is 0.247. The Bertz CT molecular complexity index is 394. The highest BCUT2D eigenvalue weighted by molar-refractivity contribution is 5.78. The van der Waals surface area contributed by atoms with Crippen molar-refractivity contribution in [1.82, 2.24) is 4.90 Å². The highest BCUT2D eigenvalue weighted by atomic mass is 16.2. The van der Waals surface area contributed by atoms with Crippen LogP contribution in [0.4, 0.5) is 0 Å². The van der Waals surface area contributed by atoms with Gasteiger partial charge in [0, 0.05) is 19.5 Å². The largest absolute Gasteiger partial charge is 0.339 e. The number of rotatable bonds is 2. The molecule has 2 nitrogen and oxygen atoms in total. The molecule has 83 valence electrons. The second kappa shape index (κ2) is 4.97. The van der Waals surface area contributed by atoms with Crippen molar-refractivity contribution in [2.24, 2.45) is 0 Å². The second-order valence-electron chi connectivity index (χ2n) is 3.96. The molecule has 16 heavy (non-hydrogen) atoms. The molecule has 0 aliphatic carbocycles. The van der Waals surface area contributed by atoms with Crippen LogP contribution in [0.1, 0.15) is 25.3 Å². The van der Waals surface area contributed by atoms with Gasteiger partial charge in [-0.1, -0.05) is 37.3 Å². The average Bonchev–Trinajstić information content (AvgIpc) is 2.39. The van der Waals surface area contributed by atoms with Gasteiger partial charge in [0.25, 0.3) is 0 Å². The molecule has 0 bridgehead atoms. The number of amides is 1. The van der Waals surface area contributed by atoms with Crippen LogP contribution in [0.15, 0.2) is 30.3 Å². The van der Waals surface area contributed by atoms with E-state index in [4.69, 9.17) is 0 Å². The minimum atomic E-state index is 0.247. The summed E-state index contributed by atoms with van der Waals surface area (Å²) in [5, 5.41) is 0. The molecule has 0 saturated carbocycles. The lowest BCUT2D eigenvalue weighted by atomic mass is 9.99. The topological polar surface area (TPSA) is 20.3 Å². The van der Waals surface area contributed by atoms with Gasteiger partial charge in [-0.3, -0.25) is 4.79 Å². The van der Waals surface area contributed by atoms with Crippen LogP contribution in [0, 0.1) is 6.07 Å². The summed E-state index contributed by atoms with van der Waals surface area (Å²) in [6.07, 6.45) is 3.71. The fourth-order valence-corrected chi connectivity index (χ4v) is 1.98. The van der Waals surface area contributed by atoms with Gasteiger partial charge in [0.05, 0.1) is 0 Å². The van der Waals surface area contributed by atoms with Crippen molar-refractivity contribution >= 4 is 11.5 Å². The van der Waals surface area contributed by atoms with E-state index in [-0.39, 0.29) is 5.91 Å². The maximum Gasteiger partial charge on any atom is 0.222 e. The van der Waals surface area contributed by atoms with Crippen molar-refractivity contribution in [3.05, 3.63) is 42.0 Å². The number of hydrogen-bond donors (Lipinski definition) is 0. The van der Waals surface area contributed by atoms with Crippen molar-refractivity contribution in [3.8, 4) is 0 Å². The second-order valence-corrected chi connectivity index (χ2v) is 3.96. The molecule has 1 aromatic rings. The van der Waals surface area contributed by atoms with Crippen molar-refractivity contribution < 1.29 is 4.79 Å². The Labute approximate surface area is 96.6 Å². The summed E-state index contributed by atoms with van der Waals surface area (Å²) in [6, 6.07) is 11.0. The van der Waals surface area contributed by atoms with Crippen LogP contribution in [-0.4, -0.2) is 23.9 Å². The SMILES string of the molecule is CCC(=O)N1CC=C(c2cc[c]cc2)CC1. The molecule has 0 unspecified atom stereocenters. The Morgan fingerprint density at radius 3 is 2.75 bits per heavy atom. The lowest BCUT2D eigenvalue weighted by Crippen LogP contribution is -2.34. The third-order valence-electron chi connectivity index (χ3n) is 2.95. The number of carbonyl (C=O) groups is 1.